The first kappa shape index (κ1) is 32.5. The van der Waals surface area contributed by atoms with Crippen LogP contribution in [0.2, 0.25) is 0 Å². The van der Waals surface area contributed by atoms with Gasteiger partial charge in [0.25, 0.3) is 5.56 Å². The Hall–Kier alpha value is -2.69. The van der Waals surface area contributed by atoms with E-state index in [2.05, 4.69) is 46.8 Å². The normalized spacial score (nSPS) is 11.6. The quantitative estimate of drug-likeness (QED) is 0.124. The Bertz CT molecular complexity index is 1110. The van der Waals surface area contributed by atoms with Crippen molar-refractivity contribution in [2.75, 3.05) is 20.3 Å². The van der Waals surface area contributed by atoms with Crippen LogP contribution in [-0.2, 0) is 6.54 Å². The van der Waals surface area contributed by atoms with Gasteiger partial charge in [-0.3, -0.25) is 4.79 Å². The number of nitrogens with zero attached hydrogens (tertiary/aromatic N) is 1. The molecule has 0 saturated carbocycles. The fourth-order valence-corrected chi connectivity index (χ4v) is 4.71. The molecule has 0 N–H and O–H groups in total. The number of allylic oxidation sites excluding steroid dienone is 3. The maximum absolute atomic E-state index is 13.9. The Kier molecular flexibility index (Phi) is 15.5. The number of unbranched alkanes of at least 4 members (excludes halogenated alkanes) is 8. The highest BCUT2D eigenvalue weighted by atomic mass is 16.5. The number of ether oxygens (including phenoxy) is 3. The second-order valence-corrected chi connectivity index (χ2v) is 10.9. The number of benzene rings is 1. The number of aromatic nitrogens is 1. The summed E-state index contributed by atoms with van der Waals surface area (Å²) in [4.78, 5) is 13.9. The molecule has 39 heavy (non-hydrogen) atoms. The highest BCUT2D eigenvalue weighted by molar-refractivity contribution is 5.89. The largest absolute Gasteiger partial charge is 0.497 e. The molecule has 0 saturated heterocycles. The molecule has 0 radical (unpaired) electrons. The van der Waals surface area contributed by atoms with E-state index in [0.29, 0.717) is 31.3 Å². The van der Waals surface area contributed by atoms with Gasteiger partial charge >= 0.3 is 0 Å². The average molecular weight is 540 g/mol. The van der Waals surface area contributed by atoms with E-state index in [-0.39, 0.29) is 5.56 Å². The Balaban J connectivity index is 2.39. The van der Waals surface area contributed by atoms with Crippen molar-refractivity contribution in [2.24, 2.45) is 0 Å². The molecule has 0 aliphatic heterocycles. The predicted molar refractivity (Wildman–Crippen MR) is 166 cm³/mol. The lowest BCUT2D eigenvalue weighted by atomic mass is 10.1. The van der Waals surface area contributed by atoms with Crippen LogP contribution in [0.4, 0.5) is 0 Å². The zero-order valence-corrected chi connectivity index (χ0v) is 25.6. The summed E-state index contributed by atoms with van der Waals surface area (Å²) in [5.74, 6) is 1.61. The third kappa shape index (κ3) is 11.1. The maximum atomic E-state index is 13.9. The first-order valence-electron chi connectivity index (χ1n) is 15.2. The van der Waals surface area contributed by atoms with Crippen LogP contribution >= 0.6 is 0 Å². The van der Waals surface area contributed by atoms with Gasteiger partial charge in [-0.05, 0) is 64.7 Å². The lowest BCUT2D eigenvalue weighted by Crippen LogP contribution is -2.24. The first-order chi connectivity index (χ1) is 18.9. The molecule has 5 nitrogen and oxygen atoms in total. The van der Waals surface area contributed by atoms with Gasteiger partial charge in [-0.15, -0.1) is 0 Å². The maximum Gasteiger partial charge on any atom is 0.297 e. The summed E-state index contributed by atoms with van der Waals surface area (Å²) in [6.07, 6.45) is 17.8. The molecular weight excluding hydrogens is 486 g/mol. The van der Waals surface area contributed by atoms with Crippen molar-refractivity contribution >= 4 is 10.9 Å². The third-order valence-corrected chi connectivity index (χ3v) is 7.12. The molecule has 5 heteroatoms. The van der Waals surface area contributed by atoms with Crippen LogP contribution in [0, 0.1) is 0 Å². The van der Waals surface area contributed by atoms with E-state index in [9.17, 15) is 4.79 Å². The van der Waals surface area contributed by atoms with Gasteiger partial charge in [0.2, 0.25) is 5.75 Å². The molecular formula is C34H53NO4. The van der Waals surface area contributed by atoms with Gasteiger partial charge in [-0.1, -0.05) is 82.4 Å². The molecule has 218 valence electrons. The standard InChI is InChI=1S/C34H53NO4/c1-7-9-11-13-14-15-23-35-31-26-29(37-6)20-21-30(31)32(38-24-16-12-10-8-2)33(34(35)36)39-25-22-28(5)19-17-18-27(3)4/h18,20-22,26H,7-17,19,23-25H2,1-6H3/b28-22+. The number of fused-ring (bicyclic) bond motifs is 1. The van der Waals surface area contributed by atoms with Crippen molar-refractivity contribution in [1.82, 2.24) is 4.57 Å². The molecule has 2 rings (SSSR count). The minimum atomic E-state index is -0.122. The lowest BCUT2D eigenvalue weighted by Gasteiger charge is -2.19. The number of hydrogen-bond acceptors (Lipinski definition) is 4. The molecule has 0 atom stereocenters. The average Bonchev–Trinajstić information content (AvgIpc) is 2.92. The van der Waals surface area contributed by atoms with Crippen molar-refractivity contribution in [3.63, 3.8) is 0 Å². The zero-order chi connectivity index (χ0) is 28.5. The van der Waals surface area contributed by atoms with Gasteiger partial charge < -0.3 is 18.8 Å². The van der Waals surface area contributed by atoms with Gasteiger partial charge in [0, 0.05) is 18.0 Å². The lowest BCUT2D eigenvalue weighted by molar-refractivity contribution is 0.275. The van der Waals surface area contributed by atoms with Crippen molar-refractivity contribution in [2.45, 2.75) is 118 Å². The van der Waals surface area contributed by atoms with Crippen LogP contribution in [-0.4, -0.2) is 24.9 Å². The Labute approximate surface area is 237 Å². The molecule has 2 aromatic rings. The van der Waals surface area contributed by atoms with E-state index >= 15 is 0 Å². The van der Waals surface area contributed by atoms with Crippen LogP contribution in [0.3, 0.4) is 0 Å². The van der Waals surface area contributed by atoms with Gasteiger partial charge in [0.1, 0.15) is 12.4 Å². The van der Waals surface area contributed by atoms with Crippen molar-refractivity contribution in [3.8, 4) is 17.2 Å². The fraction of sp³-hybridized carbons (Fsp3) is 0.618. The summed E-state index contributed by atoms with van der Waals surface area (Å²) in [7, 11) is 1.66. The third-order valence-electron chi connectivity index (χ3n) is 7.12. The predicted octanol–water partition coefficient (Wildman–Crippen LogP) is 9.40. The van der Waals surface area contributed by atoms with Gasteiger partial charge in [-0.25, -0.2) is 0 Å². The second-order valence-electron chi connectivity index (χ2n) is 10.9. The molecule has 0 bridgehead atoms. The van der Waals surface area contributed by atoms with Gasteiger partial charge in [0.05, 0.1) is 19.2 Å². The summed E-state index contributed by atoms with van der Waals surface area (Å²) in [6, 6.07) is 5.89. The van der Waals surface area contributed by atoms with Crippen molar-refractivity contribution < 1.29 is 14.2 Å². The van der Waals surface area contributed by atoms with E-state index in [1.165, 1.54) is 49.7 Å². The van der Waals surface area contributed by atoms with E-state index < -0.39 is 0 Å². The highest BCUT2D eigenvalue weighted by Crippen LogP contribution is 2.35. The monoisotopic (exact) mass is 539 g/mol. The van der Waals surface area contributed by atoms with Crippen LogP contribution in [0.15, 0.2) is 46.3 Å². The SMILES string of the molecule is CCCCCCCCn1c(=O)c(OC/C=C(\C)CCC=C(C)C)c(OCCCCCC)c2ccc(OC)cc21. The zero-order valence-electron chi connectivity index (χ0n) is 25.6. The number of aryl methyl sites for hydroxylation is 1. The highest BCUT2D eigenvalue weighted by Gasteiger charge is 2.20. The number of methoxy groups -OCH3 is 1. The first-order valence-corrected chi connectivity index (χ1v) is 15.2. The summed E-state index contributed by atoms with van der Waals surface area (Å²) >= 11 is 0. The Morgan fingerprint density at radius 3 is 2.23 bits per heavy atom. The number of rotatable bonds is 20. The Morgan fingerprint density at radius 1 is 0.846 bits per heavy atom. The van der Waals surface area contributed by atoms with E-state index in [1.54, 1.807) is 7.11 Å². The van der Waals surface area contributed by atoms with E-state index in [1.807, 2.05) is 22.8 Å². The summed E-state index contributed by atoms with van der Waals surface area (Å²) in [6.45, 7) is 12.4. The summed E-state index contributed by atoms with van der Waals surface area (Å²) in [5, 5.41) is 0.899. The molecule has 0 unspecified atom stereocenters. The topological polar surface area (TPSA) is 49.7 Å². The molecule has 0 amide bonds. The minimum Gasteiger partial charge on any atom is -0.497 e. The van der Waals surface area contributed by atoms with Gasteiger partial charge in [-0.2, -0.15) is 0 Å². The van der Waals surface area contributed by atoms with E-state index in [4.69, 9.17) is 14.2 Å². The molecule has 1 heterocycles. The number of pyridine rings is 1. The summed E-state index contributed by atoms with van der Waals surface area (Å²) < 4.78 is 19.9. The second kappa shape index (κ2) is 18.6. The summed E-state index contributed by atoms with van der Waals surface area (Å²) in [5.41, 5.74) is 3.31. The van der Waals surface area contributed by atoms with Crippen molar-refractivity contribution in [3.05, 3.63) is 51.9 Å². The molecule has 0 aliphatic carbocycles. The fourth-order valence-electron chi connectivity index (χ4n) is 4.71. The van der Waals surface area contributed by atoms with Gasteiger partial charge in [0.15, 0.2) is 5.75 Å². The molecule has 1 aromatic carbocycles. The molecule has 0 spiro atoms. The van der Waals surface area contributed by atoms with Crippen LogP contribution < -0.4 is 19.8 Å². The van der Waals surface area contributed by atoms with Crippen LogP contribution in [0.5, 0.6) is 17.2 Å². The van der Waals surface area contributed by atoms with Crippen LogP contribution in [0.25, 0.3) is 10.9 Å². The molecule has 0 fully saturated rings. The molecule has 0 aliphatic rings. The Morgan fingerprint density at radius 2 is 1.54 bits per heavy atom. The van der Waals surface area contributed by atoms with E-state index in [0.717, 1.165) is 55.2 Å². The van der Waals surface area contributed by atoms with Crippen LogP contribution in [0.1, 0.15) is 112 Å². The minimum absolute atomic E-state index is 0.122. The smallest absolute Gasteiger partial charge is 0.297 e. The van der Waals surface area contributed by atoms with Crippen molar-refractivity contribution in [1.29, 1.82) is 0 Å². The molecule has 1 aromatic heterocycles. The number of hydrogen-bond donors (Lipinski definition) is 0.